The summed E-state index contributed by atoms with van der Waals surface area (Å²) in [6, 6.07) is 13.2. The molecule has 0 saturated heterocycles. The summed E-state index contributed by atoms with van der Waals surface area (Å²) in [5, 5.41) is 11.7. The van der Waals surface area contributed by atoms with Crippen LogP contribution in [-0.4, -0.2) is 50.6 Å². The van der Waals surface area contributed by atoms with Crippen LogP contribution >= 0.6 is 11.8 Å². The maximum Gasteiger partial charge on any atom is 0.266 e. The minimum atomic E-state index is -0.398. The van der Waals surface area contributed by atoms with E-state index in [4.69, 9.17) is 0 Å². The molecule has 0 saturated carbocycles. The number of thioether (sulfide) groups is 1. The minimum Gasteiger partial charge on any atom is -0.356 e. The fourth-order valence-corrected chi connectivity index (χ4v) is 4.48. The Bertz CT molecular complexity index is 1250. The molecule has 10 heteroatoms. The monoisotopic (exact) mass is 477 g/mol. The fourth-order valence-electron chi connectivity index (χ4n) is 3.65. The van der Waals surface area contributed by atoms with E-state index < -0.39 is 11.8 Å². The van der Waals surface area contributed by atoms with Crippen LogP contribution in [0.15, 0.2) is 53.7 Å². The van der Waals surface area contributed by atoms with E-state index in [1.807, 2.05) is 11.6 Å². The maximum absolute atomic E-state index is 12.9. The van der Waals surface area contributed by atoms with Crippen LogP contribution in [0.1, 0.15) is 50.2 Å². The van der Waals surface area contributed by atoms with Crippen LogP contribution in [0.2, 0.25) is 0 Å². The Morgan fingerprint density at radius 2 is 1.71 bits per heavy atom. The van der Waals surface area contributed by atoms with Gasteiger partial charge < -0.3 is 9.88 Å². The van der Waals surface area contributed by atoms with Gasteiger partial charge in [0.05, 0.1) is 22.6 Å². The quantitative estimate of drug-likeness (QED) is 0.218. The summed E-state index contributed by atoms with van der Waals surface area (Å²) in [7, 11) is 1.84. The van der Waals surface area contributed by atoms with Crippen molar-refractivity contribution in [3.63, 3.8) is 0 Å². The lowest BCUT2D eigenvalue weighted by atomic mass is 10.1. The molecule has 3 aromatic rings. The summed E-state index contributed by atoms with van der Waals surface area (Å²) in [6.07, 6.45) is 1.39. The number of carbonyl (C=O) groups is 4. The second kappa shape index (κ2) is 10.0. The van der Waals surface area contributed by atoms with E-state index in [2.05, 4.69) is 15.5 Å². The van der Waals surface area contributed by atoms with Gasteiger partial charge in [-0.2, -0.15) is 0 Å². The summed E-state index contributed by atoms with van der Waals surface area (Å²) >= 11 is 1.27. The Hall–Kier alpha value is -3.79. The summed E-state index contributed by atoms with van der Waals surface area (Å²) < 4.78 is 1.83. The Morgan fingerprint density at radius 3 is 2.38 bits per heavy atom. The van der Waals surface area contributed by atoms with Gasteiger partial charge in [0.15, 0.2) is 10.9 Å². The number of hydrogen-bond acceptors (Lipinski definition) is 7. The van der Waals surface area contributed by atoms with Gasteiger partial charge in [-0.1, -0.05) is 36.0 Å². The molecule has 174 valence electrons. The Kier molecular flexibility index (Phi) is 6.87. The smallest absolute Gasteiger partial charge is 0.266 e. The normalized spacial score (nSPS) is 12.7. The van der Waals surface area contributed by atoms with Crippen molar-refractivity contribution in [2.45, 2.75) is 24.9 Å². The number of fused-ring (bicyclic) bond motifs is 1. The standard InChI is InChI=1S/C24H23N5O4S/c1-15(30)25-12-6-11-21-26-27-24(28(21)2)34-14-20(31)16-7-5-8-17(13-16)29-22(32)18-9-3-4-10-19(18)23(29)33/h3-5,7-10,13H,6,11-12,14H2,1-2H3,(H,25,30). The molecule has 3 amide bonds. The van der Waals surface area contributed by atoms with Crippen molar-refractivity contribution >= 4 is 41.0 Å². The molecule has 0 unspecified atom stereocenters. The largest absolute Gasteiger partial charge is 0.356 e. The van der Waals surface area contributed by atoms with Crippen LogP contribution in [0.4, 0.5) is 5.69 Å². The zero-order chi connectivity index (χ0) is 24.2. The van der Waals surface area contributed by atoms with E-state index in [0.717, 1.165) is 17.1 Å². The first-order valence-electron chi connectivity index (χ1n) is 10.7. The molecule has 1 aliphatic rings. The topological polar surface area (TPSA) is 114 Å². The predicted molar refractivity (Wildman–Crippen MR) is 127 cm³/mol. The van der Waals surface area contributed by atoms with Crippen LogP contribution in [-0.2, 0) is 18.3 Å². The first-order valence-corrected chi connectivity index (χ1v) is 11.7. The number of hydrogen-bond donors (Lipinski definition) is 1. The van der Waals surface area contributed by atoms with Gasteiger partial charge >= 0.3 is 0 Å². The Labute approximate surface area is 200 Å². The minimum absolute atomic E-state index is 0.0696. The highest BCUT2D eigenvalue weighted by atomic mass is 32.2. The fraction of sp³-hybridized carbons (Fsp3) is 0.250. The number of anilines is 1. The lowest BCUT2D eigenvalue weighted by Gasteiger charge is -2.14. The molecule has 0 radical (unpaired) electrons. The number of rotatable bonds is 9. The van der Waals surface area contributed by atoms with Gasteiger partial charge in [0.1, 0.15) is 5.82 Å². The zero-order valence-electron chi connectivity index (χ0n) is 18.8. The number of nitrogens with one attached hydrogen (secondary N) is 1. The molecule has 0 bridgehead atoms. The first-order chi connectivity index (χ1) is 16.4. The third kappa shape index (κ3) is 4.76. The van der Waals surface area contributed by atoms with E-state index in [-0.39, 0.29) is 17.4 Å². The molecule has 0 fully saturated rings. The maximum atomic E-state index is 12.9. The summed E-state index contributed by atoms with van der Waals surface area (Å²) in [5.74, 6) is -0.121. The van der Waals surface area contributed by atoms with Gasteiger partial charge in [0.2, 0.25) is 5.91 Å². The molecule has 0 atom stereocenters. The van der Waals surface area contributed by atoms with E-state index in [0.29, 0.717) is 40.5 Å². The predicted octanol–water partition coefficient (Wildman–Crippen LogP) is 2.66. The molecule has 1 aromatic heterocycles. The summed E-state index contributed by atoms with van der Waals surface area (Å²) in [6.45, 7) is 2.04. The highest BCUT2D eigenvalue weighted by molar-refractivity contribution is 7.99. The number of ketones is 1. The first kappa shape index (κ1) is 23.4. The van der Waals surface area contributed by atoms with Gasteiger partial charge in [0.25, 0.3) is 11.8 Å². The molecular weight excluding hydrogens is 454 g/mol. The molecule has 9 nitrogen and oxygen atoms in total. The van der Waals surface area contributed by atoms with E-state index in [1.165, 1.54) is 18.7 Å². The third-order valence-electron chi connectivity index (χ3n) is 5.43. The van der Waals surface area contributed by atoms with Gasteiger partial charge in [-0.05, 0) is 30.7 Å². The number of imide groups is 1. The van der Waals surface area contributed by atoms with Crippen LogP contribution in [0.3, 0.4) is 0 Å². The highest BCUT2D eigenvalue weighted by Crippen LogP contribution is 2.29. The number of nitrogens with zero attached hydrogens (tertiary/aromatic N) is 4. The van der Waals surface area contributed by atoms with Crippen molar-refractivity contribution in [3.8, 4) is 0 Å². The number of carbonyl (C=O) groups excluding carboxylic acids is 4. The van der Waals surface area contributed by atoms with E-state index in [9.17, 15) is 19.2 Å². The molecule has 2 aromatic carbocycles. The number of aryl methyl sites for hydroxylation is 1. The molecular formula is C24H23N5O4S. The molecule has 2 heterocycles. The highest BCUT2D eigenvalue weighted by Gasteiger charge is 2.36. The van der Waals surface area contributed by atoms with Gasteiger partial charge in [-0.25, -0.2) is 4.90 Å². The SMILES string of the molecule is CC(=O)NCCCc1nnc(SCC(=O)c2cccc(N3C(=O)c4ccccc4C3=O)c2)n1C. The van der Waals surface area contributed by atoms with Crippen molar-refractivity contribution < 1.29 is 19.2 Å². The summed E-state index contributed by atoms with van der Waals surface area (Å²) in [4.78, 5) is 50.4. The van der Waals surface area contributed by atoms with Gasteiger partial charge in [-0.15, -0.1) is 10.2 Å². The zero-order valence-corrected chi connectivity index (χ0v) is 19.6. The van der Waals surface area contributed by atoms with Crippen LogP contribution < -0.4 is 10.2 Å². The third-order valence-corrected chi connectivity index (χ3v) is 6.45. The van der Waals surface area contributed by atoms with Crippen LogP contribution in [0, 0.1) is 0 Å². The van der Waals surface area contributed by atoms with Crippen LogP contribution in [0.5, 0.6) is 0 Å². The number of benzene rings is 2. The summed E-state index contributed by atoms with van der Waals surface area (Å²) in [5.41, 5.74) is 1.48. The van der Waals surface area contributed by atoms with E-state index in [1.54, 1.807) is 48.5 Å². The van der Waals surface area contributed by atoms with Crippen LogP contribution in [0.25, 0.3) is 0 Å². The number of amides is 3. The molecule has 1 N–H and O–H groups in total. The second-order valence-corrected chi connectivity index (χ2v) is 8.74. The molecule has 4 rings (SSSR count). The number of aromatic nitrogens is 3. The van der Waals surface area contributed by atoms with E-state index >= 15 is 0 Å². The number of Topliss-reactive ketones (excluding diaryl/α,β-unsaturated/α-hetero) is 1. The Balaban J connectivity index is 1.40. The van der Waals surface area contributed by atoms with Crippen molar-refractivity contribution in [1.29, 1.82) is 0 Å². The average Bonchev–Trinajstić information content (AvgIpc) is 3.31. The molecule has 1 aliphatic heterocycles. The molecule has 0 aliphatic carbocycles. The molecule has 34 heavy (non-hydrogen) atoms. The van der Waals surface area contributed by atoms with Crippen molar-refractivity contribution in [2.75, 3.05) is 17.2 Å². The second-order valence-electron chi connectivity index (χ2n) is 7.80. The van der Waals surface area contributed by atoms with Gasteiger partial charge in [-0.3, -0.25) is 19.2 Å². The van der Waals surface area contributed by atoms with Crippen molar-refractivity contribution in [2.24, 2.45) is 7.05 Å². The lowest BCUT2D eigenvalue weighted by molar-refractivity contribution is -0.118. The van der Waals surface area contributed by atoms with Gasteiger partial charge in [0, 0.05) is 32.5 Å². The van der Waals surface area contributed by atoms with Crippen molar-refractivity contribution in [1.82, 2.24) is 20.1 Å². The average molecular weight is 478 g/mol. The lowest BCUT2D eigenvalue weighted by Crippen LogP contribution is -2.29. The molecule has 0 spiro atoms. The Morgan fingerprint density at radius 1 is 1.00 bits per heavy atom. The van der Waals surface area contributed by atoms with Crippen molar-refractivity contribution in [3.05, 3.63) is 71.0 Å².